The van der Waals surface area contributed by atoms with Crippen molar-refractivity contribution < 1.29 is 14.3 Å². The molecule has 0 aliphatic carbocycles. The van der Waals surface area contributed by atoms with Crippen LogP contribution in [0.1, 0.15) is 40.5 Å². The summed E-state index contributed by atoms with van der Waals surface area (Å²) < 4.78 is 5.00. The van der Waals surface area contributed by atoms with Gasteiger partial charge in [-0.05, 0) is 25.2 Å². The van der Waals surface area contributed by atoms with Crippen LogP contribution >= 0.6 is 0 Å². The summed E-state index contributed by atoms with van der Waals surface area (Å²) in [6.07, 6.45) is 1.74. The predicted molar refractivity (Wildman–Crippen MR) is 71.7 cm³/mol. The van der Waals surface area contributed by atoms with E-state index in [-0.39, 0.29) is 23.5 Å². The van der Waals surface area contributed by atoms with E-state index in [1.807, 2.05) is 25.7 Å². The largest absolute Gasteiger partial charge is 0.448 e. The highest BCUT2D eigenvalue weighted by Crippen LogP contribution is 2.30. The fraction of sp³-hybridized carbons (Fsp3) is 0.857. The standard InChI is InChI=1S/C14H24N2O3/c1-10-6-5-7-15(10)12(17)11(14(2,3)4)16-8-9-19-13(16)18/h10-11H,5-9H2,1-4H3. The van der Waals surface area contributed by atoms with E-state index in [0.29, 0.717) is 13.2 Å². The Kier molecular flexibility index (Phi) is 3.74. The van der Waals surface area contributed by atoms with Crippen LogP contribution in [0.2, 0.25) is 0 Å². The predicted octanol–water partition coefficient (Wildman–Crippen LogP) is 1.86. The maximum atomic E-state index is 12.8. The van der Waals surface area contributed by atoms with Crippen molar-refractivity contribution >= 4 is 12.0 Å². The molecule has 2 unspecified atom stereocenters. The Balaban J connectivity index is 2.23. The van der Waals surface area contributed by atoms with Crippen LogP contribution in [-0.2, 0) is 9.53 Å². The van der Waals surface area contributed by atoms with Crippen LogP contribution in [0.3, 0.4) is 0 Å². The molecular weight excluding hydrogens is 244 g/mol. The molecule has 5 heteroatoms. The van der Waals surface area contributed by atoms with Gasteiger partial charge < -0.3 is 9.64 Å². The van der Waals surface area contributed by atoms with Crippen LogP contribution in [0.4, 0.5) is 4.79 Å². The third-order valence-corrected chi connectivity index (χ3v) is 3.99. The fourth-order valence-electron chi connectivity index (χ4n) is 3.03. The number of nitrogens with zero attached hydrogens (tertiary/aromatic N) is 2. The molecule has 0 radical (unpaired) electrons. The summed E-state index contributed by atoms with van der Waals surface area (Å²) in [6, 6.07) is -0.154. The van der Waals surface area contributed by atoms with Crippen molar-refractivity contribution in [3.63, 3.8) is 0 Å². The summed E-state index contributed by atoms with van der Waals surface area (Å²) >= 11 is 0. The van der Waals surface area contributed by atoms with Crippen LogP contribution in [0.5, 0.6) is 0 Å². The maximum Gasteiger partial charge on any atom is 0.410 e. The molecule has 2 fully saturated rings. The first-order valence-corrected chi connectivity index (χ1v) is 7.06. The Morgan fingerprint density at radius 1 is 1.37 bits per heavy atom. The van der Waals surface area contributed by atoms with Crippen molar-refractivity contribution in [3.8, 4) is 0 Å². The first-order valence-electron chi connectivity index (χ1n) is 7.06. The van der Waals surface area contributed by atoms with Crippen LogP contribution in [0.15, 0.2) is 0 Å². The molecular formula is C14H24N2O3. The van der Waals surface area contributed by atoms with Gasteiger partial charge in [0.1, 0.15) is 12.6 Å². The normalized spacial score (nSPS) is 25.7. The van der Waals surface area contributed by atoms with E-state index in [0.717, 1.165) is 19.4 Å². The number of hydrogen-bond donors (Lipinski definition) is 0. The van der Waals surface area contributed by atoms with E-state index in [2.05, 4.69) is 6.92 Å². The smallest absolute Gasteiger partial charge is 0.410 e. The number of carbonyl (C=O) groups excluding carboxylic acids is 2. The Bertz CT molecular complexity index is 375. The number of likely N-dealkylation sites (tertiary alicyclic amines) is 1. The third kappa shape index (κ3) is 2.69. The Labute approximate surface area is 114 Å². The highest BCUT2D eigenvalue weighted by molar-refractivity contribution is 5.87. The molecule has 2 atom stereocenters. The molecule has 2 aliphatic heterocycles. The zero-order valence-corrected chi connectivity index (χ0v) is 12.3. The molecule has 2 rings (SSSR count). The van der Waals surface area contributed by atoms with Gasteiger partial charge in [0.2, 0.25) is 5.91 Å². The highest BCUT2D eigenvalue weighted by Gasteiger charge is 2.45. The van der Waals surface area contributed by atoms with E-state index in [1.54, 1.807) is 4.90 Å². The summed E-state index contributed by atoms with van der Waals surface area (Å²) in [7, 11) is 0. The quantitative estimate of drug-likeness (QED) is 0.768. The van der Waals surface area contributed by atoms with Crippen molar-refractivity contribution in [2.75, 3.05) is 19.7 Å². The zero-order valence-electron chi connectivity index (χ0n) is 12.3. The molecule has 2 amide bonds. The second-order valence-electron chi connectivity index (χ2n) is 6.60. The molecule has 0 bridgehead atoms. The Morgan fingerprint density at radius 2 is 2.05 bits per heavy atom. The number of amides is 2. The van der Waals surface area contributed by atoms with E-state index in [1.165, 1.54) is 0 Å². The Morgan fingerprint density at radius 3 is 2.47 bits per heavy atom. The number of ether oxygens (including phenoxy) is 1. The third-order valence-electron chi connectivity index (χ3n) is 3.99. The summed E-state index contributed by atoms with van der Waals surface area (Å²) in [6.45, 7) is 9.77. The van der Waals surface area contributed by atoms with Gasteiger partial charge in [-0.25, -0.2) is 4.79 Å². The summed E-state index contributed by atoms with van der Waals surface area (Å²) in [5.74, 6) is 0.0661. The van der Waals surface area contributed by atoms with Gasteiger partial charge in [-0.3, -0.25) is 9.69 Å². The molecule has 2 heterocycles. The SMILES string of the molecule is CC1CCCN1C(=O)C(N1CCOC1=O)C(C)(C)C. The minimum absolute atomic E-state index is 0.0661. The van der Waals surface area contributed by atoms with Gasteiger partial charge in [-0.1, -0.05) is 20.8 Å². The summed E-state index contributed by atoms with van der Waals surface area (Å²) in [5, 5.41) is 0. The van der Waals surface area contributed by atoms with Crippen molar-refractivity contribution in [2.24, 2.45) is 5.41 Å². The minimum Gasteiger partial charge on any atom is -0.448 e. The Hall–Kier alpha value is -1.26. The first-order chi connectivity index (χ1) is 8.82. The van der Waals surface area contributed by atoms with E-state index in [9.17, 15) is 9.59 Å². The topological polar surface area (TPSA) is 49.9 Å². The molecule has 0 saturated carbocycles. The number of carbonyl (C=O) groups is 2. The maximum absolute atomic E-state index is 12.8. The van der Waals surface area contributed by atoms with Gasteiger partial charge in [-0.15, -0.1) is 0 Å². The molecule has 0 N–H and O–H groups in total. The van der Waals surface area contributed by atoms with E-state index < -0.39 is 6.04 Å². The minimum atomic E-state index is -0.428. The second-order valence-corrected chi connectivity index (χ2v) is 6.60. The van der Waals surface area contributed by atoms with Gasteiger partial charge in [0.25, 0.3) is 0 Å². The molecule has 0 aromatic rings. The summed E-state index contributed by atoms with van der Waals surface area (Å²) in [4.78, 5) is 28.1. The van der Waals surface area contributed by atoms with Crippen LogP contribution in [0.25, 0.3) is 0 Å². The van der Waals surface area contributed by atoms with Gasteiger partial charge in [0.05, 0.1) is 6.54 Å². The monoisotopic (exact) mass is 268 g/mol. The lowest BCUT2D eigenvalue weighted by atomic mass is 9.84. The van der Waals surface area contributed by atoms with Crippen LogP contribution in [0, 0.1) is 5.41 Å². The number of cyclic esters (lactones) is 1. The molecule has 108 valence electrons. The van der Waals surface area contributed by atoms with Crippen LogP contribution in [-0.4, -0.2) is 53.6 Å². The van der Waals surface area contributed by atoms with Crippen LogP contribution < -0.4 is 0 Å². The fourth-order valence-corrected chi connectivity index (χ4v) is 3.03. The zero-order chi connectivity index (χ0) is 14.2. The van der Waals surface area contributed by atoms with E-state index >= 15 is 0 Å². The van der Waals surface area contributed by atoms with Crippen molar-refractivity contribution in [1.82, 2.24) is 9.80 Å². The van der Waals surface area contributed by atoms with Crippen molar-refractivity contribution in [1.29, 1.82) is 0 Å². The molecule has 2 saturated heterocycles. The summed E-state index contributed by atoms with van der Waals surface area (Å²) in [5.41, 5.74) is -0.289. The van der Waals surface area contributed by atoms with Gasteiger partial charge >= 0.3 is 6.09 Å². The van der Waals surface area contributed by atoms with Gasteiger partial charge in [0, 0.05) is 12.6 Å². The average molecular weight is 268 g/mol. The highest BCUT2D eigenvalue weighted by atomic mass is 16.6. The lowest BCUT2D eigenvalue weighted by Gasteiger charge is -2.38. The molecule has 0 aromatic carbocycles. The molecule has 5 nitrogen and oxygen atoms in total. The first kappa shape index (κ1) is 14.2. The molecule has 0 spiro atoms. The number of rotatable bonds is 2. The molecule has 2 aliphatic rings. The average Bonchev–Trinajstić information content (AvgIpc) is 2.87. The second kappa shape index (κ2) is 5.02. The van der Waals surface area contributed by atoms with Crippen molar-refractivity contribution in [2.45, 2.75) is 52.6 Å². The lowest BCUT2D eigenvalue weighted by molar-refractivity contribution is -0.140. The van der Waals surface area contributed by atoms with Crippen molar-refractivity contribution in [3.05, 3.63) is 0 Å². The molecule has 19 heavy (non-hydrogen) atoms. The lowest BCUT2D eigenvalue weighted by Crippen LogP contribution is -2.55. The number of hydrogen-bond acceptors (Lipinski definition) is 3. The van der Waals surface area contributed by atoms with Gasteiger partial charge in [-0.2, -0.15) is 0 Å². The van der Waals surface area contributed by atoms with E-state index in [4.69, 9.17) is 4.74 Å². The van der Waals surface area contributed by atoms with Gasteiger partial charge in [0.15, 0.2) is 0 Å². The molecule has 0 aromatic heterocycles.